The van der Waals surface area contributed by atoms with Gasteiger partial charge in [-0.05, 0) is 42.7 Å². The predicted molar refractivity (Wildman–Crippen MR) is 94.8 cm³/mol. The first-order chi connectivity index (χ1) is 11.8. The van der Waals surface area contributed by atoms with Crippen molar-refractivity contribution >= 4 is 23.4 Å². The lowest BCUT2D eigenvalue weighted by Crippen LogP contribution is -2.30. The van der Waals surface area contributed by atoms with Crippen molar-refractivity contribution < 1.29 is 0 Å². The van der Waals surface area contributed by atoms with Gasteiger partial charge in [0, 0.05) is 30.7 Å². The maximum absolute atomic E-state index is 4.78. The van der Waals surface area contributed by atoms with Gasteiger partial charge in [0.05, 0.1) is 6.54 Å². The van der Waals surface area contributed by atoms with Crippen LogP contribution < -0.4 is 10.4 Å². The minimum Gasteiger partial charge on any atom is -0.306 e. The highest BCUT2D eigenvalue weighted by Crippen LogP contribution is 2.36. The standard InChI is InChI=1S/C19H21N5/c1-3-13-10-20-11-15(16(13)4-2)12-24-18(14-6-5-7-14)23-17-19(24)22-9-8-21-17/h3-4,8-11,14H,5-7,12H2,1-2H3/b13-3-,16-4+. The zero-order chi connectivity index (χ0) is 16.5. The smallest absolute Gasteiger partial charge is 0.197 e. The Hall–Kier alpha value is -2.56. The van der Waals surface area contributed by atoms with E-state index in [1.54, 1.807) is 12.4 Å². The van der Waals surface area contributed by atoms with Crippen LogP contribution in [0.1, 0.15) is 50.4 Å². The van der Waals surface area contributed by atoms with E-state index in [4.69, 9.17) is 4.98 Å². The molecule has 1 fully saturated rings. The van der Waals surface area contributed by atoms with Crippen LogP contribution in [-0.2, 0) is 6.54 Å². The van der Waals surface area contributed by atoms with Gasteiger partial charge in [0.25, 0.3) is 0 Å². The van der Waals surface area contributed by atoms with Gasteiger partial charge >= 0.3 is 0 Å². The Morgan fingerprint density at radius 2 is 1.96 bits per heavy atom. The zero-order valence-electron chi connectivity index (χ0n) is 14.1. The Labute approximate surface area is 140 Å². The first kappa shape index (κ1) is 15.0. The Morgan fingerprint density at radius 3 is 2.67 bits per heavy atom. The summed E-state index contributed by atoms with van der Waals surface area (Å²) in [5, 5.41) is 2.40. The summed E-state index contributed by atoms with van der Waals surface area (Å²) in [4.78, 5) is 18.1. The van der Waals surface area contributed by atoms with E-state index >= 15 is 0 Å². The van der Waals surface area contributed by atoms with Crippen molar-refractivity contribution in [2.45, 2.75) is 45.6 Å². The first-order valence-electron chi connectivity index (χ1n) is 8.54. The number of fused-ring (bicyclic) bond motifs is 1. The van der Waals surface area contributed by atoms with Gasteiger partial charge in [-0.3, -0.25) is 4.98 Å². The molecule has 0 aromatic carbocycles. The van der Waals surface area contributed by atoms with Gasteiger partial charge in [0.15, 0.2) is 11.3 Å². The summed E-state index contributed by atoms with van der Waals surface area (Å²) >= 11 is 0. The van der Waals surface area contributed by atoms with Gasteiger partial charge in [-0.2, -0.15) is 0 Å². The maximum atomic E-state index is 4.78. The second-order valence-corrected chi connectivity index (χ2v) is 6.27. The molecule has 3 aromatic heterocycles. The summed E-state index contributed by atoms with van der Waals surface area (Å²) in [6, 6.07) is 0. The van der Waals surface area contributed by atoms with Gasteiger partial charge < -0.3 is 4.57 Å². The van der Waals surface area contributed by atoms with Crippen LogP contribution >= 0.6 is 0 Å². The van der Waals surface area contributed by atoms with Crippen molar-refractivity contribution in [1.82, 2.24) is 24.5 Å². The first-order valence-corrected chi connectivity index (χ1v) is 8.54. The third-order valence-corrected chi connectivity index (χ3v) is 4.91. The van der Waals surface area contributed by atoms with Gasteiger partial charge in [0.2, 0.25) is 0 Å². The van der Waals surface area contributed by atoms with Crippen LogP contribution in [0.4, 0.5) is 0 Å². The van der Waals surface area contributed by atoms with Gasteiger partial charge in [-0.25, -0.2) is 15.0 Å². The Bertz CT molecular complexity index is 998. The Kier molecular flexibility index (Phi) is 3.84. The minimum absolute atomic E-state index is 0.531. The molecule has 0 amide bonds. The summed E-state index contributed by atoms with van der Waals surface area (Å²) in [5.41, 5.74) is 2.80. The normalized spacial score (nSPS) is 16.8. The molecule has 0 aliphatic heterocycles. The third-order valence-electron chi connectivity index (χ3n) is 4.91. The largest absolute Gasteiger partial charge is 0.306 e. The number of imidazole rings is 1. The molecule has 0 saturated heterocycles. The molecule has 5 nitrogen and oxygen atoms in total. The van der Waals surface area contributed by atoms with E-state index in [1.807, 2.05) is 19.3 Å². The van der Waals surface area contributed by atoms with Crippen molar-refractivity contribution in [3.05, 3.63) is 46.6 Å². The van der Waals surface area contributed by atoms with Crippen molar-refractivity contribution in [1.29, 1.82) is 0 Å². The van der Waals surface area contributed by atoms with Gasteiger partial charge in [-0.15, -0.1) is 0 Å². The van der Waals surface area contributed by atoms with E-state index in [9.17, 15) is 0 Å². The molecule has 4 rings (SSSR count). The molecule has 1 aliphatic carbocycles. The van der Waals surface area contributed by atoms with Crippen LogP contribution in [0.3, 0.4) is 0 Å². The number of rotatable bonds is 3. The average molecular weight is 319 g/mol. The van der Waals surface area contributed by atoms with E-state index in [0.29, 0.717) is 5.92 Å². The molecular formula is C19H21N5. The van der Waals surface area contributed by atoms with E-state index in [0.717, 1.165) is 28.9 Å². The van der Waals surface area contributed by atoms with Crippen LogP contribution in [0.2, 0.25) is 0 Å². The predicted octanol–water partition coefficient (Wildman–Crippen LogP) is 2.14. The highest BCUT2D eigenvalue weighted by Gasteiger charge is 2.26. The molecule has 122 valence electrons. The van der Waals surface area contributed by atoms with Crippen molar-refractivity contribution in [3.8, 4) is 0 Å². The van der Waals surface area contributed by atoms with Crippen molar-refractivity contribution in [3.63, 3.8) is 0 Å². The number of hydrogen-bond donors (Lipinski definition) is 0. The summed E-state index contributed by atoms with van der Waals surface area (Å²) in [5.74, 6) is 1.65. The van der Waals surface area contributed by atoms with Crippen LogP contribution in [0.5, 0.6) is 0 Å². The SMILES string of the molecule is C/C=c1/c(Cn2c(C3CCC3)nc3nccnc32)cnc/c1=C/C. The van der Waals surface area contributed by atoms with Crippen LogP contribution in [0.25, 0.3) is 23.4 Å². The number of aromatic nitrogens is 5. The molecule has 3 heterocycles. The fourth-order valence-electron chi connectivity index (χ4n) is 3.41. The van der Waals surface area contributed by atoms with E-state index in [-0.39, 0.29) is 0 Å². The molecule has 0 bridgehead atoms. The lowest BCUT2D eigenvalue weighted by atomic mass is 9.85. The summed E-state index contributed by atoms with van der Waals surface area (Å²) in [7, 11) is 0. The van der Waals surface area contributed by atoms with Gasteiger partial charge in [0.1, 0.15) is 5.82 Å². The second-order valence-electron chi connectivity index (χ2n) is 6.27. The highest BCUT2D eigenvalue weighted by molar-refractivity contribution is 5.66. The molecule has 0 radical (unpaired) electrons. The Balaban J connectivity index is 1.89. The summed E-state index contributed by atoms with van der Waals surface area (Å²) in [6.45, 7) is 4.85. The number of nitrogens with zero attached hydrogens (tertiary/aromatic N) is 5. The molecule has 0 spiro atoms. The molecule has 5 heteroatoms. The maximum Gasteiger partial charge on any atom is 0.197 e. The molecule has 0 unspecified atom stereocenters. The highest BCUT2D eigenvalue weighted by atomic mass is 15.2. The fourth-order valence-corrected chi connectivity index (χ4v) is 3.41. The lowest BCUT2D eigenvalue weighted by molar-refractivity contribution is 0.391. The van der Waals surface area contributed by atoms with Crippen molar-refractivity contribution in [2.24, 2.45) is 0 Å². The topological polar surface area (TPSA) is 56.5 Å². The Morgan fingerprint density at radius 1 is 1.12 bits per heavy atom. The average Bonchev–Trinajstić information content (AvgIpc) is 2.91. The van der Waals surface area contributed by atoms with E-state index in [2.05, 4.69) is 38.6 Å². The molecular weight excluding hydrogens is 298 g/mol. The van der Waals surface area contributed by atoms with E-state index < -0.39 is 0 Å². The zero-order valence-corrected chi connectivity index (χ0v) is 14.1. The summed E-state index contributed by atoms with van der Waals surface area (Å²) in [6.07, 6.45) is 15.3. The lowest BCUT2D eigenvalue weighted by Gasteiger charge is -2.25. The van der Waals surface area contributed by atoms with Crippen LogP contribution in [0.15, 0.2) is 24.8 Å². The quantitative estimate of drug-likeness (QED) is 0.742. The molecule has 3 aromatic rings. The minimum atomic E-state index is 0.531. The van der Waals surface area contributed by atoms with Crippen LogP contribution in [0, 0.1) is 0 Å². The van der Waals surface area contributed by atoms with E-state index in [1.165, 1.54) is 30.0 Å². The molecule has 0 N–H and O–H groups in total. The number of pyridine rings is 1. The third kappa shape index (κ3) is 2.40. The fraction of sp³-hybridized carbons (Fsp3) is 0.368. The van der Waals surface area contributed by atoms with Crippen LogP contribution in [-0.4, -0.2) is 24.5 Å². The molecule has 1 aliphatic rings. The van der Waals surface area contributed by atoms with Gasteiger partial charge in [-0.1, -0.05) is 18.6 Å². The summed E-state index contributed by atoms with van der Waals surface area (Å²) < 4.78 is 2.23. The van der Waals surface area contributed by atoms with Crippen molar-refractivity contribution in [2.75, 3.05) is 0 Å². The second kappa shape index (κ2) is 6.15. The molecule has 1 saturated carbocycles. The monoisotopic (exact) mass is 319 g/mol. The number of hydrogen-bond acceptors (Lipinski definition) is 4. The molecule has 24 heavy (non-hydrogen) atoms. The molecule has 0 atom stereocenters.